The van der Waals surface area contributed by atoms with Gasteiger partial charge in [0, 0.05) is 128 Å². The molecule has 4 aromatic rings. The molecule has 2 unspecified atom stereocenters. The van der Waals surface area contributed by atoms with E-state index in [0.29, 0.717) is 51.6 Å². The maximum Gasteiger partial charge on any atom is 0.418 e. The topological polar surface area (TPSA) is 106 Å². The first-order valence-corrected chi connectivity index (χ1v) is 21.4. The van der Waals surface area contributed by atoms with Crippen molar-refractivity contribution in [2.24, 2.45) is 0 Å². The Labute approximate surface area is 353 Å². The number of benzene rings is 4. The van der Waals surface area contributed by atoms with Crippen LogP contribution in [0.1, 0.15) is 60.1 Å². The first-order valence-electron chi connectivity index (χ1n) is 21.4. The van der Waals surface area contributed by atoms with Crippen molar-refractivity contribution in [3.05, 3.63) is 119 Å². The van der Waals surface area contributed by atoms with E-state index in [1.54, 1.807) is 23.9 Å². The molecule has 4 aliphatic heterocycles. The molecule has 2 amide bonds. The number of amides is 2. The lowest BCUT2D eigenvalue weighted by atomic mass is 9.96. The van der Waals surface area contributed by atoms with Crippen molar-refractivity contribution in [2.45, 2.75) is 50.7 Å². The number of hydrogen-bond donors (Lipinski definition) is 0. The molecule has 0 radical (unpaired) electrons. The summed E-state index contributed by atoms with van der Waals surface area (Å²) in [6.07, 6.45) is 1.63. The van der Waals surface area contributed by atoms with Crippen molar-refractivity contribution in [1.29, 1.82) is 0 Å². The molecule has 0 saturated carbocycles. The molecule has 4 heterocycles. The molecule has 12 heteroatoms. The first-order chi connectivity index (χ1) is 29.2. The largest absolute Gasteiger partial charge is 0.449 e. The van der Waals surface area contributed by atoms with E-state index in [2.05, 4.69) is 68.1 Å². The van der Waals surface area contributed by atoms with Gasteiger partial charge in [0.15, 0.2) is 0 Å². The molecule has 0 spiro atoms. The van der Waals surface area contributed by atoms with Crippen LogP contribution in [0.4, 0.5) is 22.7 Å². The van der Waals surface area contributed by atoms with E-state index >= 15 is 0 Å². The Morgan fingerprint density at radius 3 is 1.28 bits per heavy atom. The number of para-hydroxylation sites is 2. The zero-order valence-corrected chi connectivity index (χ0v) is 34.8. The molecule has 4 aliphatic rings. The minimum Gasteiger partial charge on any atom is -0.449 e. The van der Waals surface area contributed by atoms with Crippen molar-refractivity contribution >= 4 is 46.5 Å². The van der Waals surface area contributed by atoms with Gasteiger partial charge in [-0.3, -0.25) is 19.4 Å². The number of ether oxygens (including phenoxy) is 2. The van der Waals surface area contributed by atoms with Crippen LogP contribution in [0.5, 0.6) is 0 Å². The Hall–Kier alpha value is -5.72. The predicted molar refractivity (Wildman–Crippen MR) is 233 cm³/mol. The number of fused-ring (bicyclic) bond motifs is 2. The molecule has 0 bridgehead atoms. The smallest absolute Gasteiger partial charge is 0.418 e. The van der Waals surface area contributed by atoms with Crippen LogP contribution in [0.15, 0.2) is 97.1 Å². The number of piperazine rings is 2. The fourth-order valence-corrected chi connectivity index (χ4v) is 9.03. The summed E-state index contributed by atoms with van der Waals surface area (Å²) in [6.45, 7) is 8.36. The van der Waals surface area contributed by atoms with Gasteiger partial charge in [-0.05, 0) is 71.5 Å². The summed E-state index contributed by atoms with van der Waals surface area (Å²) >= 11 is 0. The van der Waals surface area contributed by atoms with Crippen molar-refractivity contribution in [1.82, 2.24) is 9.80 Å². The Kier molecular flexibility index (Phi) is 12.8. The Morgan fingerprint density at radius 1 is 0.517 bits per heavy atom. The second kappa shape index (κ2) is 18.7. The van der Waals surface area contributed by atoms with E-state index < -0.39 is 24.1 Å². The maximum absolute atomic E-state index is 13.9. The molecular formula is C48H56N6O6. The summed E-state index contributed by atoms with van der Waals surface area (Å²) in [5.74, 6) is -1.91. The van der Waals surface area contributed by atoms with Gasteiger partial charge in [-0.15, -0.1) is 0 Å². The molecule has 8 rings (SSSR count). The second-order valence-electron chi connectivity index (χ2n) is 16.4. The minimum atomic E-state index is -1.02. The van der Waals surface area contributed by atoms with Crippen molar-refractivity contribution in [3.63, 3.8) is 0 Å². The van der Waals surface area contributed by atoms with Crippen LogP contribution >= 0.6 is 0 Å². The van der Waals surface area contributed by atoms with Gasteiger partial charge in [-0.2, -0.15) is 0 Å². The molecule has 2 saturated heterocycles. The normalized spacial score (nSPS) is 18.4. The monoisotopic (exact) mass is 812 g/mol. The first kappa shape index (κ1) is 41.0. The minimum absolute atomic E-state index is 0.0686. The summed E-state index contributed by atoms with van der Waals surface area (Å²) in [7, 11) is 3.56. The molecule has 0 aromatic heterocycles. The van der Waals surface area contributed by atoms with Crippen molar-refractivity contribution < 1.29 is 28.7 Å². The molecule has 0 aliphatic carbocycles. The Morgan fingerprint density at radius 2 is 0.900 bits per heavy atom. The molecule has 60 heavy (non-hydrogen) atoms. The molecule has 314 valence electrons. The Bertz CT molecular complexity index is 2000. The molecule has 2 fully saturated rings. The molecule has 12 nitrogen and oxygen atoms in total. The van der Waals surface area contributed by atoms with Crippen LogP contribution in [0.3, 0.4) is 0 Å². The fourth-order valence-electron chi connectivity index (χ4n) is 9.03. The quantitative estimate of drug-likeness (QED) is 0.129. The number of carbonyl (C=O) groups is 4. The van der Waals surface area contributed by atoms with Gasteiger partial charge in [0.2, 0.25) is 11.8 Å². The van der Waals surface area contributed by atoms with E-state index in [0.717, 1.165) is 86.0 Å². The van der Waals surface area contributed by atoms with Crippen molar-refractivity contribution in [3.8, 4) is 0 Å². The third-order valence-corrected chi connectivity index (χ3v) is 12.7. The Balaban J connectivity index is 0.965. The summed E-state index contributed by atoms with van der Waals surface area (Å²) in [5, 5.41) is 0. The summed E-state index contributed by atoms with van der Waals surface area (Å²) in [4.78, 5) is 65.5. The van der Waals surface area contributed by atoms with Gasteiger partial charge in [-0.1, -0.05) is 60.7 Å². The average Bonchev–Trinajstić information content (AvgIpc) is 3.29. The number of nitrogens with zero attached hydrogens (tertiary/aromatic N) is 6. The number of esters is 2. The van der Waals surface area contributed by atoms with Crippen LogP contribution < -0.4 is 19.6 Å². The van der Waals surface area contributed by atoms with Crippen LogP contribution in [-0.4, -0.2) is 113 Å². The highest BCUT2D eigenvalue weighted by Gasteiger charge is 2.31. The van der Waals surface area contributed by atoms with Crippen LogP contribution in [0.25, 0.3) is 0 Å². The van der Waals surface area contributed by atoms with Gasteiger partial charge >= 0.3 is 11.9 Å². The van der Waals surface area contributed by atoms with Crippen molar-refractivity contribution in [2.75, 3.05) is 99.1 Å². The van der Waals surface area contributed by atoms with E-state index in [-0.39, 0.29) is 11.8 Å². The lowest BCUT2D eigenvalue weighted by molar-refractivity contribution is -0.175. The number of rotatable bonds is 12. The van der Waals surface area contributed by atoms with Crippen LogP contribution in [0, 0.1) is 0 Å². The maximum atomic E-state index is 13.9. The predicted octanol–water partition coefficient (Wildman–Crippen LogP) is 5.80. The third-order valence-electron chi connectivity index (χ3n) is 12.7. The average molecular weight is 813 g/mol. The van der Waals surface area contributed by atoms with Gasteiger partial charge < -0.3 is 29.1 Å². The fraction of sp³-hybridized carbons (Fsp3) is 0.417. The number of hydrogen-bond acceptors (Lipinski definition) is 10. The third kappa shape index (κ3) is 9.50. The molecule has 2 atom stereocenters. The van der Waals surface area contributed by atoms with E-state index in [9.17, 15) is 19.2 Å². The summed E-state index contributed by atoms with van der Waals surface area (Å²) in [5.41, 5.74) is 7.73. The SMILES string of the molecule is CN1C(=O)CCc2cc(C(CCN3CCN(c4ccccc4)CC3)OC(=O)C(=O)OC(CCN3CCN(c4ccccc4)CC3)c3ccc4c(c3)CCC(=O)N4C)ccc21. The van der Waals surface area contributed by atoms with Gasteiger partial charge in [0.05, 0.1) is 0 Å². The standard InChI is InChI=1S/C48H56N6O6/c1-49-41-17-13-37(33-35(41)15-19-45(49)55)43(21-23-51-25-29-53(30-26-51)39-9-5-3-6-10-39)59-47(57)48(58)60-44(38-14-18-42-36(34-38)16-20-46(56)50(42)2)22-24-52-27-31-54(32-28-52)40-11-7-4-8-12-40/h3-14,17-18,33-34,43-44H,15-16,19-32H2,1-2H3. The second-order valence-corrected chi connectivity index (χ2v) is 16.4. The summed E-state index contributed by atoms with van der Waals surface area (Å²) in [6, 6.07) is 32.5. The molecular weight excluding hydrogens is 757 g/mol. The highest BCUT2D eigenvalue weighted by molar-refractivity contribution is 6.29. The number of aryl methyl sites for hydroxylation is 2. The van der Waals surface area contributed by atoms with E-state index in [4.69, 9.17) is 9.47 Å². The van der Waals surface area contributed by atoms with E-state index in [1.807, 2.05) is 48.5 Å². The lowest BCUT2D eigenvalue weighted by Crippen LogP contribution is -2.47. The zero-order chi connectivity index (χ0) is 41.6. The van der Waals surface area contributed by atoms with Gasteiger partial charge in [0.1, 0.15) is 12.2 Å². The molecule has 0 N–H and O–H groups in total. The number of anilines is 4. The highest BCUT2D eigenvalue weighted by atomic mass is 16.6. The van der Waals surface area contributed by atoms with Gasteiger partial charge in [-0.25, -0.2) is 9.59 Å². The highest BCUT2D eigenvalue weighted by Crippen LogP contribution is 2.34. The van der Waals surface area contributed by atoms with Gasteiger partial charge in [0.25, 0.3) is 0 Å². The van der Waals surface area contributed by atoms with E-state index in [1.165, 1.54) is 11.4 Å². The number of carbonyl (C=O) groups excluding carboxylic acids is 4. The lowest BCUT2D eigenvalue weighted by Gasteiger charge is -2.36. The van der Waals surface area contributed by atoms with Crippen LogP contribution in [0.2, 0.25) is 0 Å². The zero-order valence-electron chi connectivity index (χ0n) is 34.8. The summed E-state index contributed by atoms with van der Waals surface area (Å²) < 4.78 is 12.3. The van der Waals surface area contributed by atoms with Crippen LogP contribution in [-0.2, 0) is 41.5 Å². The molecule has 4 aromatic carbocycles.